The van der Waals surface area contributed by atoms with Gasteiger partial charge in [0.15, 0.2) is 0 Å². The lowest BCUT2D eigenvalue weighted by molar-refractivity contribution is -0.132. The molecule has 25 heavy (non-hydrogen) atoms. The number of fused-ring (bicyclic) bond motifs is 1. The Bertz CT molecular complexity index is 703. The van der Waals surface area contributed by atoms with Gasteiger partial charge in [0.05, 0.1) is 12.6 Å². The highest BCUT2D eigenvalue weighted by Gasteiger charge is 2.26. The van der Waals surface area contributed by atoms with Gasteiger partial charge in [-0.3, -0.25) is 4.79 Å². The van der Waals surface area contributed by atoms with E-state index in [4.69, 9.17) is 4.74 Å². The van der Waals surface area contributed by atoms with E-state index in [9.17, 15) is 4.79 Å². The first-order valence-corrected chi connectivity index (χ1v) is 8.44. The molecule has 2 aromatic carbocycles. The summed E-state index contributed by atoms with van der Waals surface area (Å²) in [4.78, 5) is 14.5. The maximum atomic E-state index is 12.7. The van der Waals surface area contributed by atoms with Gasteiger partial charge in [-0.25, -0.2) is 0 Å². The number of likely N-dealkylation sites (N-methyl/N-ethyl adjacent to an activating group) is 1. The Labute approximate surface area is 155 Å². The number of rotatable bonds is 5. The highest BCUT2D eigenvalue weighted by molar-refractivity contribution is 5.85. The summed E-state index contributed by atoms with van der Waals surface area (Å²) in [5.41, 5.74) is 3.66. The number of hydrogen-bond donors (Lipinski definition) is 1. The molecule has 0 saturated carbocycles. The third kappa shape index (κ3) is 4.74. The number of amides is 1. The number of hydrogen-bond acceptors (Lipinski definition) is 3. The van der Waals surface area contributed by atoms with Gasteiger partial charge in [0.1, 0.15) is 5.75 Å². The van der Waals surface area contributed by atoms with Crippen LogP contribution in [0.4, 0.5) is 0 Å². The van der Waals surface area contributed by atoms with Crippen LogP contribution in [0, 0.1) is 0 Å². The third-order valence-electron chi connectivity index (χ3n) is 4.41. The van der Waals surface area contributed by atoms with Crippen molar-refractivity contribution in [3.63, 3.8) is 0 Å². The molecule has 0 aromatic heterocycles. The second-order valence-electron chi connectivity index (χ2n) is 6.18. The zero-order valence-corrected chi connectivity index (χ0v) is 15.5. The second-order valence-corrected chi connectivity index (χ2v) is 6.18. The van der Waals surface area contributed by atoms with Crippen molar-refractivity contribution in [1.29, 1.82) is 0 Å². The molecule has 5 heteroatoms. The van der Waals surface area contributed by atoms with E-state index in [0.717, 1.165) is 24.3 Å². The summed E-state index contributed by atoms with van der Waals surface area (Å²) >= 11 is 0. The Morgan fingerprint density at radius 1 is 1.16 bits per heavy atom. The molecule has 134 valence electrons. The SMILES string of the molecule is CCOc1ccc(CN(C)C(=O)C2Cc3ccccc3CN2)cc1.Cl. The van der Waals surface area contributed by atoms with Gasteiger partial charge in [-0.05, 0) is 42.2 Å². The lowest BCUT2D eigenvalue weighted by Crippen LogP contribution is -2.48. The minimum atomic E-state index is -0.146. The van der Waals surface area contributed by atoms with E-state index in [1.54, 1.807) is 4.90 Å². The van der Waals surface area contributed by atoms with Crippen LogP contribution >= 0.6 is 12.4 Å². The zero-order valence-electron chi connectivity index (χ0n) is 14.7. The maximum absolute atomic E-state index is 12.7. The Morgan fingerprint density at radius 2 is 1.84 bits per heavy atom. The van der Waals surface area contributed by atoms with Crippen LogP contribution in [0.15, 0.2) is 48.5 Å². The Morgan fingerprint density at radius 3 is 2.52 bits per heavy atom. The van der Waals surface area contributed by atoms with E-state index in [-0.39, 0.29) is 24.4 Å². The molecular formula is C20H25ClN2O2. The number of benzene rings is 2. The van der Waals surface area contributed by atoms with Crippen molar-refractivity contribution in [2.75, 3.05) is 13.7 Å². The molecule has 1 N–H and O–H groups in total. The number of carbonyl (C=O) groups excluding carboxylic acids is 1. The number of carbonyl (C=O) groups is 1. The largest absolute Gasteiger partial charge is 0.494 e. The molecule has 1 amide bonds. The van der Waals surface area contributed by atoms with E-state index in [1.807, 2.05) is 50.4 Å². The van der Waals surface area contributed by atoms with E-state index < -0.39 is 0 Å². The first kappa shape index (κ1) is 19.3. The Hall–Kier alpha value is -2.04. The third-order valence-corrected chi connectivity index (χ3v) is 4.41. The highest BCUT2D eigenvalue weighted by atomic mass is 35.5. The molecule has 1 heterocycles. The first-order chi connectivity index (χ1) is 11.7. The molecule has 2 aromatic rings. The fourth-order valence-corrected chi connectivity index (χ4v) is 3.10. The van der Waals surface area contributed by atoms with Crippen LogP contribution in [0.5, 0.6) is 5.75 Å². The minimum absolute atomic E-state index is 0. The van der Waals surface area contributed by atoms with Crippen LogP contribution in [0.25, 0.3) is 0 Å². The molecule has 4 nitrogen and oxygen atoms in total. The van der Waals surface area contributed by atoms with Gasteiger partial charge in [0.25, 0.3) is 0 Å². The maximum Gasteiger partial charge on any atom is 0.240 e. The van der Waals surface area contributed by atoms with Crippen LogP contribution < -0.4 is 10.1 Å². The second kappa shape index (κ2) is 8.88. The topological polar surface area (TPSA) is 41.6 Å². The summed E-state index contributed by atoms with van der Waals surface area (Å²) in [5, 5.41) is 3.36. The normalized spacial score (nSPS) is 15.7. The summed E-state index contributed by atoms with van der Waals surface area (Å²) in [6.07, 6.45) is 0.753. The zero-order chi connectivity index (χ0) is 16.9. The molecule has 0 spiro atoms. The van der Waals surface area contributed by atoms with Gasteiger partial charge in [-0.1, -0.05) is 36.4 Å². The predicted octanol–water partition coefficient (Wildman–Crippen LogP) is 3.18. The predicted molar refractivity (Wildman–Crippen MR) is 102 cm³/mol. The van der Waals surface area contributed by atoms with Gasteiger partial charge < -0.3 is 15.0 Å². The van der Waals surface area contributed by atoms with Gasteiger partial charge in [-0.15, -0.1) is 12.4 Å². The van der Waals surface area contributed by atoms with Gasteiger partial charge in [-0.2, -0.15) is 0 Å². The summed E-state index contributed by atoms with van der Waals surface area (Å²) in [6, 6.07) is 16.1. The van der Waals surface area contributed by atoms with E-state index in [0.29, 0.717) is 13.2 Å². The minimum Gasteiger partial charge on any atom is -0.494 e. The summed E-state index contributed by atoms with van der Waals surface area (Å²) < 4.78 is 5.45. The molecule has 1 unspecified atom stereocenters. The molecule has 0 bridgehead atoms. The fraction of sp³-hybridized carbons (Fsp3) is 0.350. The van der Waals surface area contributed by atoms with Crippen LogP contribution in [0.2, 0.25) is 0 Å². The summed E-state index contributed by atoms with van der Waals surface area (Å²) in [5.74, 6) is 0.999. The summed E-state index contributed by atoms with van der Waals surface area (Å²) in [7, 11) is 1.86. The van der Waals surface area contributed by atoms with Crippen molar-refractivity contribution in [2.24, 2.45) is 0 Å². The van der Waals surface area contributed by atoms with Crippen LogP contribution in [0.1, 0.15) is 23.6 Å². The molecule has 1 aliphatic rings. The van der Waals surface area contributed by atoms with Crippen molar-refractivity contribution in [3.8, 4) is 5.75 Å². The summed E-state index contributed by atoms with van der Waals surface area (Å²) in [6.45, 7) is 3.98. The number of nitrogens with zero attached hydrogens (tertiary/aromatic N) is 1. The number of nitrogens with one attached hydrogen (secondary N) is 1. The van der Waals surface area contributed by atoms with Crippen molar-refractivity contribution in [2.45, 2.75) is 32.5 Å². The quantitative estimate of drug-likeness (QED) is 0.890. The smallest absolute Gasteiger partial charge is 0.240 e. The van der Waals surface area contributed by atoms with Crippen LogP contribution in [0.3, 0.4) is 0 Å². The van der Waals surface area contributed by atoms with Crippen molar-refractivity contribution < 1.29 is 9.53 Å². The van der Waals surface area contributed by atoms with Crippen LogP contribution in [-0.4, -0.2) is 30.5 Å². The monoisotopic (exact) mass is 360 g/mol. The molecule has 3 rings (SSSR count). The highest BCUT2D eigenvalue weighted by Crippen LogP contribution is 2.18. The van der Waals surface area contributed by atoms with Crippen molar-refractivity contribution >= 4 is 18.3 Å². The molecule has 0 fully saturated rings. The fourth-order valence-electron chi connectivity index (χ4n) is 3.10. The lowest BCUT2D eigenvalue weighted by Gasteiger charge is -2.29. The molecule has 1 atom stereocenters. The molecule has 0 saturated heterocycles. The van der Waals surface area contributed by atoms with E-state index >= 15 is 0 Å². The van der Waals surface area contributed by atoms with E-state index in [2.05, 4.69) is 17.4 Å². The molecule has 0 aliphatic carbocycles. The first-order valence-electron chi connectivity index (χ1n) is 8.44. The Balaban J connectivity index is 0.00000225. The average molecular weight is 361 g/mol. The molecular weight excluding hydrogens is 336 g/mol. The van der Waals surface area contributed by atoms with Gasteiger partial charge in [0.2, 0.25) is 5.91 Å². The molecule has 0 radical (unpaired) electrons. The Kier molecular flexibility index (Phi) is 6.85. The number of ether oxygens (including phenoxy) is 1. The van der Waals surface area contributed by atoms with Crippen LogP contribution in [-0.2, 0) is 24.3 Å². The van der Waals surface area contributed by atoms with Gasteiger partial charge in [0, 0.05) is 20.1 Å². The average Bonchev–Trinajstić information content (AvgIpc) is 2.62. The number of halogens is 1. The molecule has 1 aliphatic heterocycles. The van der Waals surface area contributed by atoms with E-state index in [1.165, 1.54) is 11.1 Å². The van der Waals surface area contributed by atoms with Gasteiger partial charge >= 0.3 is 0 Å². The standard InChI is InChI=1S/C20H24N2O2.ClH/c1-3-24-18-10-8-15(9-11-18)14-22(2)20(23)19-12-16-6-4-5-7-17(16)13-21-19;/h4-11,19,21H,3,12-14H2,1-2H3;1H. The lowest BCUT2D eigenvalue weighted by atomic mass is 9.95. The van der Waals surface area contributed by atoms with Crippen molar-refractivity contribution in [1.82, 2.24) is 10.2 Å². The van der Waals surface area contributed by atoms with Crippen molar-refractivity contribution in [3.05, 3.63) is 65.2 Å².